The molecule has 0 saturated heterocycles. The molecule has 21 heavy (non-hydrogen) atoms. The lowest BCUT2D eigenvalue weighted by Crippen LogP contribution is -2.33. The summed E-state index contributed by atoms with van der Waals surface area (Å²) < 4.78 is 26.8. The summed E-state index contributed by atoms with van der Waals surface area (Å²) in [6, 6.07) is 2.94. The van der Waals surface area contributed by atoms with E-state index in [9.17, 15) is 18.3 Å². The van der Waals surface area contributed by atoms with Crippen LogP contribution < -0.4 is 4.72 Å². The molecular formula is C13H19NO5S2. The van der Waals surface area contributed by atoms with Gasteiger partial charge in [-0.1, -0.05) is 6.92 Å². The van der Waals surface area contributed by atoms with Gasteiger partial charge in [0.2, 0.25) is 10.0 Å². The second kappa shape index (κ2) is 7.67. The largest absolute Gasteiger partial charge is 0.507 e. The molecule has 1 atom stereocenters. The van der Waals surface area contributed by atoms with Crippen molar-refractivity contribution in [2.24, 2.45) is 0 Å². The molecule has 0 fully saturated rings. The van der Waals surface area contributed by atoms with Crippen LogP contribution in [0.25, 0.3) is 0 Å². The van der Waals surface area contributed by atoms with E-state index in [2.05, 4.69) is 4.72 Å². The third-order valence-corrected chi connectivity index (χ3v) is 5.28. The van der Waals surface area contributed by atoms with Crippen molar-refractivity contribution >= 4 is 27.8 Å². The number of carbonyl (C=O) groups is 1. The number of carboxylic acid groups (broad SMARTS) is 1. The fourth-order valence-electron chi connectivity index (χ4n) is 1.65. The van der Waals surface area contributed by atoms with Gasteiger partial charge in [0.25, 0.3) is 0 Å². The first-order valence-electron chi connectivity index (χ1n) is 6.44. The smallest absolute Gasteiger partial charge is 0.339 e. The van der Waals surface area contributed by atoms with Crippen molar-refractivity contribution in [3.05, 3.63) is 23.8 Å². The minimum atomic E-state index is -3.80. The summed E-state index contributed by atoms with van der Waals surface area (Å²) in [6.07, 6.45) is 0.682. The lowest BCUT2D eigenvalue weighted by molar-refractivity contribution is 0.0693. The molecule has 118 valence electrons. The van der Waals surface area contributed by atoms with Gasteiger partial charge in [-0.15, -0.1) is 0 Å². The van der Waals surface area contributed by atoms with Crippen molar-refractivity contribution < 1.29 is 23.4 Å². The zero-order valence-corrected chi connectivity index (χ0v) is 13.5. The number of benzene rings is 1. The maximum Gasteiger partial charge on any atom is 0.339 e. The number of nitrogens with one attached hydrogen (secondary N) is 1. The first kappa shape index (κ1) is 17.8. The molecule has 8 heteroatoms. The van der Waals surface area contributed by atoms with Gasteiger partial charge in [-0.05, 0) is 43.0 Å². The average Bonchev–Trinajstić information content (AvgIpc) is 2.38. The molecule has 6 nitrogen and oxygen atoms in total. The molecular weight excluding hydrogens is 314 g/mol. The second-order valence-electron chi connectivity index (χ2n) is 4.49. The molecule has 0 aliphatic carbocycles. The summed E-state index contributed by atoms with van der Waals surface area (Å²) in [7, 11) is -3.80. The molecule has 1 rings (SSSR count). The Bertz CT molecular complexity index is 601. The van der Waals surface area contributed by atoms with Gasteiger partial charge in [-0.3, -0.25) is 0 Å². The summed E-state index contributed by atoms with van der Waals surface area (Å²) in [4.78, 5) is 10.7. The summed E-state index contributed by atoms with van der Waals surface area (Å²) in [5, 5.41) is 18.3. The molecule has 1 aromatic carbocycles. The number of carboxylic acids is 1. The SMILES string of the molecule is CCSCCC(C)NS(=O)(=O)c1ccc(O)c(C(=O)O)c1. The number of hydrogen-bond donors (Lipinski definition) is 3. The molecule has 0 saturated carbocycles. The molecule has 3 N–H and O–H groups in total. The van der Waals surface area contributed by atoms with Crippen LogP contribution in [-0.2, 0) is 10.0 Å². The van der Waals surface area contributed by atoms with Gasteiger partial charge in [0, 0.05) is 6.04 Å². The van der Waals surface area contributed by atoms with Gasteiger partial charge in [0.05, 0.1) is 4.90 Å². The number of aromatic hydroxyl groups is 1. The number of rotatable bonds is 8. The van der Waals surface area contributed by atoms with E-state index in [4.69, 9.17) is 5.11 Å². The zero-order chi connectivity index (χ0) is 16.0. The Labute approximate surface area is 128 Å². The van der Waals surface area contributed by atoms with Crippen LogP contribution in [0.5, 0.6) is 5.75 Å². The van der Waals surface area contributed by atoms with Crippen molar-refractivity contribution in [2.45, 2.75) is 31.2 Å². The predicted molar refractivity (Wildman–Crippen MR) is 82.5 cm³/mol. The Morgan fingerprint density at radius 2 is 2.10 bits per heavy atom. The van der Waals surface area contributed by atoms with Crippen LogP contribution in [-0.4, -0.2) is 42.1 Å². The predicted octanol–water partition coefficient (Wildman–Crippen LogP) is 1.90. The molecule has 1 unspecified atom stereocenters. The van der Waals surface area contributed by atoms with Crippen LogP contribution in [0, 0.1) is 0 Å². The molecule has 0 aliphatic heterocycles. The van der Waals surface area contributed by atoms with Gasteiger partial charge >= 0.3 is 5.97 Å². The number of phenols is 1. The van der Waals surface area contributed by atoms with Gasteiger partial charge in [-0.2, -0.15) is 11.8 Å². The van der Waals surface area contributed by atoms with Crippen LogP contribution in [0.15, 0.2) is 23.1 Å². The number of aromatic carboxylic acids is 1. The van der Waals surface area contributed by atoms with E-state index >= 15 is 0 Å². The monoisotopic (exact) mass is 333 g/mol. The first-order valence-corrected chi connectivity index (χ1v) is 9.08. The molecule has 0 amide bonds. The first-order chi connectivity index (χ1) is 9.77. The Morgan fingerprint density at radius 1 is 1.43 bits per heavy atom. The molecule has 0 bridgehead atoms. The third kappa shape index (κ3) is 5.22. The molecule has 1 aromatic rings. The fraction of sp³-hybridized carbons (Fsp3) is 0.462. The minimum absolute atomic E-state index is 0.173. The highest BCUT2D eigenvalue weighted by molar-refractivity contribution is 7.99. The Balaban J connectivity index is 2.88. The third-order valence-electron chi connectivity index (χ3n) is 2.76. The van der Waals surface area contributed by atoms with Crippen LogP contribution in [0.2, 0.25) is 0 Å². The van der Waals surface area contributed by atoms with Crippen molar-refractivity contribution in [3.63, 3.8) is 0 Å². The van der Waals surface area contributed by atoms with Crippen molar-refractivity contribution in [2.75, 3.05) is 11.5 Å². The fourth-order valence-corrected chi connectivity index (χ4v) is 3.76. The Hall–Kier alpha value is -1.25. The Morgan fingerprint density at radius 3 is 2.67 bits per heavy atom. The number of sulfonamides is 1. The maximum absolute atomic E-state index is 12.2. The standard InChI is InChI=1S/C13H19NO5S2/c1-3-20-7-6-9(2)14-21(18,19)10-4-5-12(15)11(8-10)13(16)17/h4-5,8-9,14-15H,3,6-7H2,1-2H3,(H,16,17). The second-order valence-corrected chi connectivity index (χ2v) is 7.60. The quantitative estimate of drug-likeness (QED) is 0.628. The van der Waals surface area contributed by atoms with Gasteiger partial charge < -0.3 is 10.2 Å². The van der Waals surface area contributed by atoms with Crippen LogP contribution in [0.4, 0.5) is 0 Å². The highest BCUT2D eigenvalue weighted by Gasteiger charge is 2.20. The highest BCUT2D eigenvalue weighted by Crippen LogP contribution is 2.21. The average molecular weight is 333 g/mol. The minimum Gasteiger partial charge on any atom is -0.507 e. The van der Waals surface area contributed by atoms with Crippen molar-refractivity contribution in [3.8, 4) is 5.75 Å². The van der Waals surface area contributed by atoms with Crippen molar-refractivity contribution in [1.29, 1.82) is 0 Å². The van der Waals surface area contributed by atoms with E-state index in [1.54, 1.807) is 18.7 Å². The van der Waals surface area contributed by atoms with Crippen LogP contribution in [0.3, 0.4) is 0 Å². The number of thioether (sulfide) groups is 1. The summed E-state index contributed by atoms with van der Waals surface area (Å²) in [5.41, 5.74) is -0.438. The summed E-state index contributed by atoms with van der Waals surface area (Å²) in [6.45, 7) is 3.79. The lowest BCUT2D eigenvalue weighted by atomic mass is 10.2. The summed E-state index contributed by atoms with van der Waals surface area (Å²) in [5.74, 6) is -0.0268. The van der Waals surface area contributed by atoms with E-state index in [-0.39, 0.29) is 10.9 Å². The van der Waals surface area contributed by atoms with Crippen molar-refractivity contribution in [1.82, 2.24) is 4.72 Å². The molecule has 0 aromatic heterocycles. The topological polar surface area (TPSA) is 104 Å². The van der Waals surface area contributed by atoms with Gasteiger partial charge in [0.1, 0.15) is 11.3 Å². The maximum atomic E-state index is 12.2. The van der Waals surface area contributed by atoms with E-state index in [1.807, 2.05) is 6.92 Å². The highest BCUT2D eigenvalue weighted by atomic mass is 32.2. The van der Waals surface area contributed by atoms with E-state index < -0.39 is 27.3 Å². The molecule has 0 radical (unpaired) electrons. The van der Waals surface area contributed by atoms with Crippen LogP contribution >= 0.6 is 11.8 Å². The normalized spacial score (nSPS) is 13.0. The summed E-state index contributed by atoms with van der Waals surface area (Å²) >= 11 is 1.72. The zero-order valence-electron chi connectivity index (χ0n) is 11.9. The lowest BCUT2D eigenvalue weighted by Gasteiger charge is -2.14. The van der Waals surface area contributed by atoms with E-state index in [0.29, 0.717) is 6.42 Å². The molecule has 0 heterocycles. The van der Waals surface area contributed by atoms with E-state index in [1.165, 1.54) is 6.07 Å². The molecule has 0 aliphatic rings. The van der Waals surface area contributed by atoms with Gasteiger partial charge in [0.15, 0.2) is 0 Å². The van der Waals surface area contributed by atoms with Gasteiger partial charge in [-0.25, -0.2) is 17.9 Å². The number of hydrogen-bond acceptors (Lipinski definition) is 5. The van der Waals surface area contributed by atoms with Crippen LogP contribution in [0.1, 0.15) is 30.6 Å². The van der Waals surface area contributed by atoms with E-state index in [0.717, 1.165) is 23.6 Å². The molecule has 0 spiro atoms. The Kier molecular flexibility index (Phi) is 6.50.